The van der Waals surface area contributed by atoms with E-state index in [-0.39, 0.29) is 0 Å². The molecule has 4 heteroatoms. The lowest BCUT2D eigenvalue weighted by atomic mass is 9.90. The lowest BCUT2D eigenvalue weighted by Gasteiger charge is -2.34. The zero-order valence-corrected chi connectivity index (χ0v) is 12.0. The molecular weight excluding hydrogens is 218 g/mol. The number of amides is 1. The molecule has 102 valence electrons. The first-order valence-electron chi connectivity index (χ1n) is 6.30. The molecule has 0 radical (unpaired) electrons. The maximum Gasteiger partial charge on any atom is 0.408 e. The van der Waals surface area contributed by atoms with Crippen LogP contribution in [-0.4, -0.2) is 28.4 Å². The summed E-state index contributed by atoms with van der Waals surface area (Å²) in [7, 11) is 0. The fourth-order valence-corrected chi connectivity index (χ4v) is 1.46. The number of rotatable bonds is 5. The highest BCUT2D eigenvalue weighted by Gasteiger charge is 2.32. The van der Waals surface area contributed by atoms with Gasteiger partial charge in [-0.2, -0.15) is 0 Å². The van der Waals surface area contributed by atoms with Gasteiger partial charge in [-0.25, -0.2) is 4.79 Å². The topological polar surface area (TPSA) is 58.6 Å². The highest BCUT2D eigenvalue weighted by atomic mass is 16.6. The van der Waals surface area contributed by atoms with Crippen molar-refractivity contribution in [3.05, 3.63) is 0 Å². The van der Waals surface area contributed by atoms with Gasteiger partial charge in [-0.3, -0.25) is 0 Å². The van der Waals surface area contributed by atoms with Crippen molar-refractivity contribution in [2.45, 2.75) is 78.0 Å². The van der Waals surface area contributed by atoms with E-state index in [9.17, 15) is 9.90 Å². The van der Waals surface area contributed by atoms with Gasteiger partial charge < -0.3 is 15.2 Å². The second-order valence-corrected chi connectivity index (χ2v) is 5.82. The van der Waals surface area contributed by atoms with E-state index in [0.29, 0.717) is 0 Å². The first-order chi connectivity index (χ1) is 7.60. The number of hydrogen-bond donors (Lipinski definition) is 2. The van der Waals surface area contributed by atoms with Crippen molar-refractivity contribution >= 4 is 6.09 Å². The summed E-state index contributed by atoms with van der Waals surface area (Å²) in [5, 5.41) is 12.5. The van der Waals surface area contributed by atoms with Crippen molar-refractivity contribution in [1.82, 2.24) is 5.32 Å². The summed E-state index contributed by atoms with van der Waals surface area (Å²) < 4.78 is 5.20. The monoisotopic (exact) mass is 245 g/mol. The quantitative estimate of drug-likeness (QED) is 0.783. The molecule has 2 atom stereocenters. The summed E-state index contributed by atoms with van der Waals surface area (Å²) in [6, 6.07) is 0. The Morgan fingerprint density at radius 2 is 1.88 bits per heavy atom. The van der Waals surface area contributed by atoms with Crippen molar-refractivity contribution in [1.29, 1.82) is 0 Å². The van der Waals surface area contributed by atoms with E-state index >= 15 is 0 Å². The van der Waals surface area contributed by atoms with E-state index in [4.69, 9.17) is 4.74 Å². The molecule has 0 aromatic heterocycles. The molecular formula is C13H27NO3. The summed E-state index contributed by atoms with van der Waals surface area (Å²) in [4.78, 5) is 11.7. The number of carbonyl (C=O) groups is 1. The average molecular weight is 245 g/mol. The van der Waals surface area contributed by atoms with E-state index in [0.717, 1.165) is 19.3 Å². The number of unbranched alkanes of at least 4 members (excludes halogenated alkanes) is 1. The van der Waals surface area contributed by atoms with Crippen LogP contribution in [0, 0.1) is 0 Å². The zero-order valence-electron chi connectivity index (χ0n) is 12.0. The van der Waals surface area contributed by atoms with E-state index in [1.165, 1.54) is 0 Å². The Bertz CT molecular complexity index is 246. The van der Waals surface area contributed by atoms with Crippen LogP contribution >= 0.6 is 0 Å². The van der Waals surface area contributed by atoms with Gasteiger partial charge in [-0.1, -0.05) is 19.8 Å². The normalized spacial score (nSPS) is 17.1. The molecule has 0 heterocycles. The molecule has 2 N–H and O–H groups in total. The zero-order chi connectivity index (χ0) is 13.7. The van der Waals surface area contributed by atoms with E-state index in [1.54, 1.807) is 6.92 Å². The van der Waals surface area contributed by atoms with Crippen molar-refractivity contribution in [2.24, 2.45) is 0 Å². The molecule has 0 spiro atoms. The van der Waals surface area contributed by atoms with E-state index in [1.807, 2.05) is 27.7 Å². The highest BCUT2D eigenvalue weighted by molar-refractivity contribution is 5.68. The lowest BCUT2D eigenvalue weighted by molar-refractivity contribution is 0.0271. The molecule has 1 amide bonds. The molecule has 0 aromatic rings. The summed E-state index contributed by atoms with van der Waals surface area (Å²) in [5.74, 6) is 0. The number of ether oxygens (including phenoxy) is 1. The molecule has 0 bridgehead atoms. The molecule has 0 aliphatic carbocycles. The third-order valence-electron chi connectivity index (χ3n) is 2.76. The molecule has 0 aliphatic heterocycles. The first kappa shape index (κ1) is 16.2. The molecule has 0 aliphatic rings. The lowest BCUT2D eigenvalue weighted by Crippen LogP contribution is -2.54. The second kappa shape index (κ2) is 6.24. The van der Waals surface area contributed by atoms with Gasteiger partial charge in [-0.15, -0.1) is 0 Å². The van der Waals surface area contributed by atoms with Crippen LogP contribution in [0.3, 0.4) is 0 Å². The number of aliphatic hydroxyl groups excluding tert-OH is 1. The Kier molecular flexibility index (Phi) is 5.96. The first-order valence-corrected chi connectivity index (χ1v) is 6.30. The summed E-state index contributed by atoms with van der Waals surface area (Å²) in [5.41, 5.74) is -1.15. The SMILES string of the molecule is CCCC[C@](C)(NC(=O)OC(C)(C)C)C(C)O. The van der Waals surface area contributed by atoms with Crippen LogP contribution in [0.2, 0.25) is 0 Å². The predicted molar refractivity (Wildman–Crippen MR) is 69.0 cm³/mol. The van der Waals surface area contributed by atoms with Crippen molar-refractivity contribution < 1.29 is 14.6 Å². The maximum atomic E-state index is 11.7. The summed E-state index contributed by atoms with van der Waals surface area (Å²) in [6.45, 7) is 11.1. The van der Waals surface area contributed by atoms with Crippen molar-refractivity contribution in [2.75, 3.05) is 0 Å². The van der Waals surface area contributed by atoms with Gasteiger partial charge in [0, 0.05) is 0 Å². The fourth-order valence-electron chi connectivity index (χ4n) is 1.46. The molecule has 0 rings (SSSR count). The van der Waals surface area contributed by atoms with Gasteiger partial charge in [0.1, 0.15) is 5.60 Å². The fraction of sp³-hybridized carbons (Fsp3) is 0.923. The van der Waals surface area contributed by atoms with Crippen LogP contribution in [0.25, 0.3) is 0 Å². The molecule has 0 fully saturated rings. The van der Waals surface area contributed by atoms with Crippen LogP contribution < -0.4 is 5.32 Å². The second-order valence-electron chi connectivity index (χ2n) is 5.82. The Morgan fingerprint density at radius 1 is 1.35 bits per heavy atom. The third kappa shape index (κ3) is 6.51. The van der Waals surface area contributed by atoms with Crippen molar-refractivity contribution in [3.8, 4) is 0 Å². The standard InChI is InChI=1S/C13H27NO3/c1-7-8-9-13(6,10(2)15)14-11(16)17-12(3,4)5/h10,15H,7-9H2,1-6H3,(H,14,16)/t10?,13-/m0/s1. The largest absolute Gasteiger partial charge is 0.444 e. The van der Waals surface area contributed by atoms with Gasteiger partial charge in [0.25, 0.3) is 0 Å². The van der Waals surface area contributed by atoms with E-state index in [2.05, 4.69) is 12.2 Å². The van der Waals surface area contributed by atoms with Gasteiger partial charge in [0.15, 0.2) is 0 Å². The number of carbonyl (C=O) groups excluding carboxylic acids is 1. The van der Waals surface area contributed by atoms with Crippen LogP contribution in [0.5, 0.6) is 0 Å². The minimum Gasteiger partial charge on any atom is -0.444 e. The molecule has 4 nitrogen and oxygen atoms in total. The Balaban J connectivity index is 4.49. The molecule has 0 saturated carbocycles. The Hall–Kier alpha value is -0.770. The molecule has 0 aromatic carbocycles. The minimum absolute atomic E-state index is 0.475. The van der Waals surface area contributed by atoms with Gasteiger partial charge >= 0.3 is 6.09 Å². The Morgan fingerprint density at radius 3 is 2.24 bits per heavy atom. The molecule has 1 unspecified atom stereocenters. The number of aliphatic hydroxyl groups is 1. The maximum absolute atomic E-state index is 11.7. The van der Waals surface area contributed by atoms with Crippen LogP contribution in [0.4, 0.5) is 4.79 Å². The molecule has 0 saturated heterocycles. The van der Waals surface area contributed by atoms with Crippen LogP contribution in [0.1, 0.15) is 60.8 Å². The van der Waals surface area contributed by atoms with Crippen LogP contribution in [0.15, 0.2) is 0 Å². The van der Waals surface area contributed by atoms with Gasteiger partial charge in [0.2, 0.25) is 0 Å². The van der Waals surface area contributed by atoms with Gasteiger partial charge in [0.05, 0.1) is 11.6 Å². The van der Waals surface area contributed by atoms with Gasteiger partial charge in [-0.05, 0) is 41.0 Å². The molecule has 17 heavy (non-hydrogen) atoms. The smallest absolute Gasteiger partial charge is 0.408 e. The number of alkyl carbamates (subject to hydrolysis) is 1. The third-order valence-corrected chi connectivity index (χ3v) is 2.76. The predicted octanol–water partition coefficient (Wildman–Crippen LogP) is 2.84. The summed E-state index contributed by atoms with van der Waals surface area (Å²) in [6.07, 6.45) is 1.63. The minimum atomic E-state index is -0.627. The average Bonchev–Trinajstić information content (AvgIpc) is 2.11. The number of nitrogens with one attached hydrogen (secondary N) is 1. The van der Waals surface area contributed by atoms with E-state index < -0.39 is 23.3 Å². The Labute approximate surface area is 105 Å². The van der Waals surface area contributed by atoms with Crippen molar-refractivity contribution in [3.63, 3.8) is 0 Å². The summed E-state index contributed by atoms with van der Waals surface area (Å²) >= 11 is 0. The van der Waals surface area contributed by atoms with Crippen LogP contribution in [-0.2, 0) is 4.74 Å². The highest BCUT2D eigenvalue weighted by Crippen LogP contribution is 2.19. The number of hydrogen-bond acceptors (Lipinski definition) is 3.